The third kappa shape index (κ3) is 15.6. The van der Waals surface area contributed by atoms with E-state index in [-0.39, 0.29) is 26.2 Å². The van der Waals surface area contributed by atoms with Gasteiger partial charge in [-0.25, -0.2) is 12.2 Å². The molecule has 1 heteroatoms. The quantitative estimate of drug-likeness (QED) is 0.341. The zero-order valence-electron chi connectivity index (χ0n) is 15.7. The molecule has 0 unspecified atom stereocenters. The van der Waals surface area contributed by atoms with E-state index in [1.54, 1.807) is 0 Å². The zero-order chi connectivity index (χ0) is 18.9. The molecule has 4 rings (SSSR count). The predicted octanol–water partition coefficient (Wildman–Crippen LogP) is 6.91. The standard InChI is InChI=1S/3C7H7.C5H5.Zr/c3*1-7-5-3-2-4-6-7;1-2-4-5-3-1;/h3*2-6H,1H2;1-3H,4H2;/q4*-1;+4. The summed E-state index contributed by atoms with van der Waals surface area (Å²) in [6.45, 7) is 11.2. The van der Waals surface area contributed by atoms with Gasteiger partial charge in [-0.05, 0) is 0 Å². The van der Waals surface area contributed by atoms with Crippen LogP contribution in [0.25, 0.3) is 0 Å². The van der Waals surface area contributed by atoms with Crippen LogP contribution in [0.5, 0.6) is 0 Å². The van der Waals surface area contributed by atoms with E-state index in [9.17, 15) is 0 Å². The van der Waals surface area contributed by atoms with Gasteiger partial charge < -0.3 is 0 Å². The monoisotopic (exact) mass is 428 g/mol. The fraction of sp³-hybridized carbons (Fsp3) is 0.0385. The van der Waals surface area contributed by atoms with Gasteiger partial charge in [-0.1, -0.05) is 18.2 Å². The van der Waals surface area contributed by atoms with Crippen molar-refractivity contribution < 1.29 is 26.2 Å². The Hall–Kier alpha value is -2.37. The van der Waals surface area contributed by atoms with Crippen molar-refractivity contribution in [2.45, 2.75) is 6.42 Å². The molecule has 3 aromatic rings. The summed E-state index contributed by atoms with van der Waals surface area (Å²) in [5.74, 6) is 0. The van der Waals surface area contributed by atoms with Crippen molar-refractivity contribution in [2.75, 3.05) is 0 Å². The Balaban J connectivity index is 0.000000332. The van der Waals surface area contributed by atoms with Crippen LogP contribution in [0.2, 0.25) is 0 Å². The molecule has 1 aliphatic carbocycles. The van der Waals surface area contributed by atoms with Crippen LogP contribution in [-0.2, 0) is 26.2 Å². The molecule has 0 aliphatic heterocycles. The Labute approximate surface area is 184 Å². The molecular weight excluding hydrogens is 404 g/mol. The third-order valence-electron chi connectivity index (χ3n) is 3.11. The van der Waals surface area contributed by atoms with Gasteiger partial charge in [0.2, 0.25) is 0 Å². The predicted molar refractivity (Wildman–Crippen MR) is 114 cm³/mol. The van der Waals surface area contributed by atoms with Crippen LogP contribution in [0, 0.1) is 26.8 Å². The summed E-state index contributed by atoms with van der Waals surface area (Å²) in [4.78, 5) is 0. The van der Waals surface area contributed by atoms with E-state index in [0.29, 0.717) is 0 Å². The molecule has 0 saturated carbocycles. The molecule has 0 bridgehead atoms. The second-order valence-corrected chi connectivity index (χ2v) is 5.46. The van der Waals surface area contributed by atoms with Crippen molar-refractivity contribution in [1.29, 1.82) is 0 Å². The molecular formula is C26H26Zr. The number of benzene rings is 3. The molecule has 0 fully saturated rings. The van der Waals surface area contributed by atoms with Crippen molar-refractivity contribution in [3.05, 3.63) is 153 Å². The van der Waals surface area contributed by atoms with Crippen molar-refractivity contribution in [3.8, 4) is 0 Å². The molecule has 0 radical (unpaired) electrons. The Kier molecular flexibility index (Phi) is 15.6. The summed E-state index contributed by atoms with van der Waals surface area (Å²) in [5, 5.41) is 0. The average Bonchev–Trinajstić information content (AvgIpc) is 3.25. The van der Waals surface area contributed by atoms with E-state index in [1.807, 2.05) is 103 Å². The fourth-order valence-corrected chi connectivity index (χ4v) is 1.77. The van der Waals surface area contributed by atoms with Gasteiger partial charge in [-0.3, -0.25) is 6.08 Å². The normalized spacial score (nSPS) is 9.93. The molecule has 0 saturated heterocycles. The molecule has 0 atom stereocenters. The van der Waals surface area contributed by atoms with E-state index in [2.05, 4.69) is 32.9 Å². The first-order valence-electron chi connectivity index (χ1n) is 8.51. The van der Waals surface area contributed by atoms with Crippen LogP contribution in [0.15, 0.2) is 109 Å². The third-order valence-corrected chi connectivity index (χ3v) is 3.11. The van der Waals surface area contributed by atoms with E-state index in [4.69, 9.17) is 0 Å². The minimum Gasteiger partial charge on any atom is -0.273 e. The molecule has 0 heterocycles. The maximum atomic E-state index is 3.72. The Morgan fingerprint density at radius 2 is 0.889 bits per heavy atom. The SMILES string of the molecule is [C-]1=CC=CC1.[CH2-]c1ccccc1.[CH2-]c1ccccc1.[CH2-]c1ccccc1.[Zr+4]. The average molecular weight is 430 g/mol. The topological polar surface area (TPSA) is 0 Å². The fourth-order valence-electron chi connectivity index (χ4n) is 1.77. The van der Waals surface area contributed by atoms with Gasteiger partial charge in [0.05, 0.1) is 0 Å². The maximum absolute atomic E-state index is 3.72. The molecule has 3 aromatic carbocycles. The Morgan fingerprint density at radius 3 is 1.00 bits per heavy atom. The summed E-state index contributed by atoms with van der Waals surface area (Å²) in [7, 11) is 0. The minimum atomic E-state index is 0. The van der Waals surface area contributed by atoms with Gasteiger partial charge >= 0.3 is 26.2 Å². The van der Waals surface area contributed by atoms with E-state index < -0.39 is 0 Å². The van der Waals surface area contributed by atoms with Crippen molar-refractivity contribution in [2.24, 2.45) is 0 Å². The molecule has 1 aliphatic rings. The van der Waals surface area contributed by atoms with Gasteiger partial charge in [0, 0.05) is 0 Å². The van der Waals surface area contributed by atoms with Gasteiger partial charge in [0.1, 0.15) is 0 Å². The van der Waals surface area contributed by atoms with Crippen LogP contribution in [-0.4, -0.2) is 0 Å². The summed E-state index contributed by atoms with van der Waals surface area (Å²) < 4.78 is 0. The number of hydrogen-bond donors (Lipinski definition) is 0. The van der Waals surface area contributed by atoms with Crippen LogP contribution in [0.1, 0.15) is 23.1 Å². The summed E-state index contributed by atoms with van der Waals surface area (Å²) in [6.07, 6.45) is 10.0. The van der Waals surface area contributed by atoms with Crippen LogP contribution >= 0.6 is 0 Å². The van der Waals surface area contributed by atoms with Gasteiger partial charge in [-0.15, -0.1) is 42.8 Å². The van der Waals surface area contributed by atoms with Crippen LogP contribution in [0.4, 0.5) is 0 Å². The first kappa shape index (κ1) is 24.6. The zero-order valence-corrected chi connectivity index (χ0v) is 18.2. The summed E-state index contributed by atoms with van der Waals surface area (Å²) >= 11 is 0. The summed E-state index contributed by atoms with van der Waals surface area (Å²) in [6, 6.07) is 29.6. The van der Waals surface area contributed by atoms with E-state index in [0.717, 1.165) is 23.1 Å². The molecule has 134 valence electrons. The maximum Gasteiger partial charge on any atom is 4.00 e. The van der Waals surface area contributed by atoms with Gasteiger partial charge in [0.15, 0.2) is 0 Å². The number of rotatable bonds is 0. The van der Waals surface area contributed by atoms with Crippen LogP contribution < -0.4 is 0 Å². The Bertz CT molecular complexity index is 630. The van der Waals surface area contributed by atoms with E-state index >= 15 is 0 Å². The second kappa shape index (κ2) is 17.1. The number of hydrogen-bond acceptors (Lipinski definition) is 0. The van der Waals surface area contributed by atoms with Crippen molar-refractivity contribution in [1.82, 2.24) is 0 Å². The second-order valence-electron chi connectivity index (χ2n) is 5.46. The largest absolute Gasteiger partial charge is 4.00 e. The van der Waals surface area contributed by atoms with Gasteiger partial charge in [0.25, 0.3) is 0 Å². The molecule has 0 spiro atoms. The molecule has 0 amide bonds. The molecule has 27 heavy (non-hydrogen) atoms. The minimum absolute atomic E-state index is 0. The first-order chi connectivity index (χ1) is 12.7. The number of allylic oxidation sites excluding steroid dienone is 4. The van der Waals surface area contributed by atoms with Gasteiger partial charge in [-0.2, -0.15) is 79.9 Å². The van der Waals surface area contributed by atoms with Crippen LogP contribution in [0.3, 0.4) is 0 Å². The summed E-state index contributed by atoms with van der Waals surface area (Å²) in [5.41, 5.74) is 3.22. The first-order valence-corrected chi connectivity index (χ1v) is 8.51. The molecule has 0 nitrogen and oxygen atoms in total. The molecule has 0 aromatic heterocycles. The molecule has 0 N–H and O–H groups in total. The van der Waals surface area contributed by atoms with Crippen molar-refractivity contribution >= 4 is 0 Å². The van der Waals surface area contributed by atoms with Crippen molar-refractivity contribution in [3.63, 3.8) is 0 Å². The Morgan fingerprint density at radius 1 is 0.556 bits per heavy atom. The smallest absolute Gasteiger partial charge is 0.273 e. The van der Waals surface area contributed by atoms with E-state index in [1.165, 1.54) is 0 Å².